The van der Waals surface area contributed by atoms with Crippen molar-refractivity contribution in [1.82, 2.24) is 40.2 Å². The fourth-order valence-electron chi connectivity index (χ4n) is 12.6. The van der Waals surface area contributed by atoms with Crippen LogP contribution in [0.15, 0.2) is 36.5 Å². The van der Waals surface area contributed by atoms with Gasteiger partial charge in [-0.15, -0.1) is 10.2 Å². The molecule has 11 rings (SSSR count). The number of piperazine rings is 1. The SMILES string of the molecule is Cc1c(Nc2nc3cccc(F)c3s2)nnc2c1CCCN2c1ccc(-c2cnn(CC34CC5(C)CC(C)(C3)CC(OCCN3CCNCC3)(C5)C4)c2C)c(C(=O)O)n1. The van der Waals surface area contributed by atoms with Gasteiger partial charge in [0.05, 0.1) is 28.6 Å². The Morgan fingerprint density at radius 3 is 2.54 bits per heavy atom. The molecule has 1 aromatic carbocycles. The predicted octanol–water partition coefficient (Wildman–Crippen LogP) is 7.67. The Labute approximate surface area is 347 Å². The lowest BCUT2D eigenvalue weighted by Gasteiger charge is -2.69. The molecule has 310 valence electrons. The summed E-state index contributed by atoms with van der Waals surface area (Å²) >= 11 is 1.23. The molecule has 0 radical (unpaired) electrons. The van der Waals surface area contributed by atoms with E-state index >= 15 is 0 Å². The highest BCUT2D eigenvalue weighted by molar-refractivity contribution is 7.22. The van der Waals surface area contributed by atoms with Crippen LogP contribution in [0.4, 0.5) is 27.0 Å². The number of carboxylic acid groups (broad SMARTS) is 1. The summed E-state index contributed by atoms with van der Waals surface area (Å²) in [6, 6.07) is 8.61. The molecule has 2 aliphatic heterocycles. The Morgan fingerprint density at radius 2 is 1.78 bits per heavy atom. The number of hydrogen-bond donors (Lipinski definition) is 3. The van der Waals surface area contributed by atoms with Crippen molar-refractivity contribution >= 4 is 50.1 Å². The van der Waals surface area contributed by atoms with Crippen LogP contribution in [0, 0.1) is 35.9 Å². The third-order valence-corrected chi connectivity index (χ3v) is 14.9. The van der Waals surface area contributed by atoms with E-state index in [0.717, 1.165) is 113 Å². The van der Waals surface area contributed by atoms with Crippen LogP contribution in [-0.4, -0.2) is 97.4 Å². The van der Waals surface area contributed by atoms with Crippen LogP contribution in [0.25, 0.3) is 21.3 Å². The van der Waals surface area contributed by atoms with Crippen LogP contribution < -0.4 is 15.5 Å². The number of carboxylic acids is 1. The van der Waals surface area contributed by atoms with Gasteiger partial charge in [0.1, 0.15) is 11.6 Å². The van der Waals surface area contributed by atoms with Crippen LogP contribution in [0.1, 0.15) is 86.1 Å². The summed E-state index contributed by atoms with van der Waals surface area (Å²) in [5, 5.41) is 31.9. The summed E-state index contributed by atoms with van der Waals surface area (Å²) in [5.74, 6) is 0.307. The Hall–Kier alpha value is -4.57. The smallest absolute Gasteiger partial charge is 0.355 e. The average molecular weight is 821 g/mol. The second kappa shape index (κ2) is 14.3. The minimum atomic E-state index is -1.10. The Bertz CT molecular complexity index is 2440. The molecule has 4 saturated carbocycles. The van der Waals surface area contributed by atoms with Gasteiger partial charge in [-0.05, 0) is 106 Å². The lowest BCUT2D eigenvalue weighted by molar-refractivity contribution is -0.249. The number of rotatable bonds is 11. The largest absolute Gasteiger partial charge is 0.476 e. The van der Waals surface area contributed by atoms with Crippen LogP contribution in [0.5, 0.6) is 0 Å². The number of halogens is 1. The molecule has 3 N–H and O–H groups in total. The number of carbonyl (C=O) groups is 1. The summed E-state index contributed by atoms with van der Waals surface area (Å²) < 4.78 is 24.0. The van der Waals surface area contributed by atoms with Crippen molar-refractivity contribution in [2.45, 2.75) is 91.2 Å². The number of aromatic nitrogens is 6. The van der Waals surface area contributed by atoms with Gasteiger partial charge >= 0.3 is 5.97 Å². The molecule has 2 atom stereocenters. The van der Waals surface area contributed by atoms with Gasteiger partial charge in [0.15, 0.2) is 22.5 Å². The fourth-order valence-corrected chi connectivity index (χ4v) is 13.5. The summed E-state index contributed by atoms with van der Waals surface area (Å²) in [7, 11) is 0. The van der Waals surface area contributed by atoms with Gasteiger partial charge < -0.3 is 25.4 Å². The molecule has 13 nitrogen and oxygen atoms in total. The number of anilines is 4. The van der Waals surface area contributed by atoms with Crippen LogP contribution in [0.2, 0.25) is 0 Å². The van der Waals surface area contributed by atoms with Crippen molar-refractivity contribution in [3.63, 3.8) is 0 Å². The first kappa shape index (κ1) is 38.6. The monoisotopic (exact) mass is 820 g/mol. The number of aromatic carboxylic acids is 1. The van der Waals surface area contributed by atoms with Gasteiger partial charge in [-0.1, -0.05) is 31.3 Å². The summed E-state index contributed by atoms with van der Waals surface area (Å²) in [4.78, 5) is 26.7. The van der Waals surface area contributed by atoms with Crippen LogP contribution in [0.3, 0.4) is 0 Å². The molecule has 2 unspecified atom stereocenters. The van der Waals surface area contributed by atoms with Crippen LogP contribution in [-0.2, 0) is 17.7 Å². The zero-order valence-electron chi connectivity index (χ0n) is 34.4. The molecule has 4 aliphatic carbocycles. The topological polar surface area (TPSA) is 146 Å². The molecule has 5 fully saturated rings. The van der Waals surface area contributed by atoms with E-state index in [9.17, 15) is 14.3 Å². The Balaban J connectivity index is 0.898. The van der Waals surface area contributed by atoms with Crippen molar-refractivity contribution in [2.75, 3.05) is 56.1 Å². The molecule has 59 heavy (non-hydrogen) atoms. The average Bonchev–Trinajstić information content (AvgIpc) is 3.77. The van der Waals surface area contributed by atoms with Crippen molar-refractivity contribution in [3.05, 3.63) is 64.9 Å². The zero-order chi connectivity index (χ0) is 40.7. The van der Waals surface area contributed by atoms with Gasteiger partial charge in [-0.25, -0.2) is 19.2 Å². The molecule has 6 aliphatic rings. The summed E-state index contributed by atoms with van der Waals surface area (Å²) in [5.41, 5.74) is 5.15. The number of hydrogen-bond acceptors (Lipinski definition) is 12. The number of fused-ring (bicyclic) bond motifs is 2. The van der Waals surface area contributed by atoms with Gasteiger partial charge in [0.25, 0.3) is 0 Å². The quantitative estimate of drug-likeness (QED) is 0.120. The number of thiazole rings is 1. The van der Waals surface area contributed by atoms with E-state index in [4.69, 9.17) is 14.8 Å². The second-order valence-electron chi connectivity index (χ2n) is 18.9. The van der Waals surface area contributed by atoms with Crippen LogP contribution >= 0.6 is 11.3 Å². The third-order valence-electron chi connectivity index (χ3n) is 13.9. The number of pyridine rings is 1. The van der Waals surface area contributed by atoms with Crippen molar-refractivity contribution < 1.29 is 19.0 Å². The molecule has 6 heterocycles. The Kier molecular flexibility index (Phi) is 9.34. The molecule has 0 amide bonds. The maximum absolute atomic E-state index is 14.4. The van der Waals surface area contributed by atoms with Crippen molar-refractivity contribution in [3.8, 4) is 11.1 Å². The molecular formula is C44H53FN10O3S. The minimum absolute atomic E-state index is 0.0185. The first-order chi connectivity index (χ1) is 28.3. The Morgan fingerprint density at radius 1 is 0.983 bits per heavy atom. The molecule has 0 spiro atoms. The fraction of sp³-hybridized carbons (Fsp3) is 0.545. The lowest BCUT2D eigenvalue weighted by atomic mass is 9.39. The molecular weight excluding hydrogens is 768 g/mol. The highest BCUT2D eigenvalue weighted by Crippen LogP contribution is 2.72. The maximum Gasteiger partial charge on any atom is 0.355 e. The van der Waals surface area contributed by atoms with Gasteiger partial charge in [0.2, 0.25) is 0 Å². The highest BCUT2D eigenvalue weighted by Gasteiger charge is 2.66. The van der Waals surface area contributed by atoms with E-state index in [1.54, 1.807) is 12.1 Å². The number of benzene rings is 1. The highest BCUT2D eigenvalue weighted by atomic mass is 32.1. The molecule has 4 bridgehead atoms. The molecule has 1 saturated heterocycles. The van der Waals surface area contributed by atoms with E-state index in [2.05, 4.69) is 56.2 Å². The first-order valence-corrected chi connectivity index (χ1v) is 21.9. The van der Waals surface area contributed by atoms with E-state index in [1.807, 2.05) is 30.2 Å². The minimum Gasteiger partial charge on any atom is -0.476 e. The van der Waals surface area contributed by atoms with E-state index < -0.39 is 5.97 Å². The molecule has 5 aromatic rings. The van der Waals surface area contributed by atoms with Crippen molar-refractivity contribution in [2.24, 2.45) is 16.2 Å². The second-order valence-corrected chi connectivity index (χ2v) is 19.9. The van der Waals surface area contributed by atoms with E-state index in [1.165, 1.54) is 23.8 Å². The van der Waals surface area contributed by atoms with Gasteiger partial charge in [-0.3, -0.25) is 9.58 Å². The van der Waals surface area contributed by atoms with E-state index in [-0.39, 0.29) is 33.4 Å². The summed E-state index contributed by atoms with van der Waals surface area (Å²) in [6.45, 7) is 16.4. The van der Waals surface area contributed by atoms with Gasteiger partial charge in [-0.2, -0.15) is 5.10 Å². The predicted molar refractivity (Wildman–Crippen MR) is 226 cm³/mol. The normalized spacial score (nSPS) is 27.7. The van der Waals surface area contributed by atoms with Crippen molar-refractivity contribution in [1.29, 1.82) is 0 Å². The first-order valence-electron chi connectivity index (χ1n) is 21.1. The summed E-state index contributed by atoms with van der Waals surface area (Å²) in [6.07, 6.45) is 10.3. The standard InChI is InChI=1S/C44H53FN10O3S/c1-27-29-7-6-14-54(38(29)52-51-37(27)50-40-48-33-9-5-8-32(45)36(33)59-40)34-11-10-30(35(49-34)39(56)57)31-19-47-55(28(31)2)26-43-21-41(3)20-42(4,22-43)24-44(23-41,25-43)58-18-17-53-15-12-46-13-16-53/h5,8-11,19,46H,6-7,12-18,20-26H2,1-4H3,(H,56,57)(H,48,50,51). The molecule has 15 heteroatoms. The van der Waals surface area contributed by atoms with E-state index in [0.29, 0.717) is 44.9 Å². The third kappa shape index (κ3) is 6.97. The zero-order valence-corrected chi connectivity index (χ0v) is 35.2. The lowest BCUT2D eigenvalue weighted by Crippen LogP contribution is -2.64. The number of ether oxygens (including phenoxy) is 1. The van der Waals surface area contributed by atoms with Gasteiger partial charge in [0, 0.05) is 73.8 Å². The number of nitrogens with zero attached hydrogens (tertiary/aromatic N) is 8. The maximum atomic E-state index is 14.4. The number of nitrogens with one attached hydrogen (secondary N) is 2. The molecule has 4 aromatic heterocycles.